The fourth-order valence-corrected chi connectivity index (χ4v) is 1.20. The fourth-order valence-electron chi connectivity index (χ4n) is 1.20. The molecule has 1 heterocycles. The molecule has 5 heteroatoms. The van der Waals surface area contributed by atoms with Gasteiger partial charge in [0.2, 0.25) is 5.89 Å². The normalized spacial score (nSPS) is 18.7. The van der Waals surface area contributed by atoms with E-state index < -0.39 is 0 Å². The Kier molecular flexibility index (Phi) is 1.95. The molecular weight excluding hydrogens is 168 g/mol. The van der Waals surface area contributed by atoms with Crippen LogP contribution in [0.5, 0.6) is 0 Å². The number of rotatable bonds is 3. The molecule has 1 atom stereocenters. The highest BCUT2D eigenvalue weighted by atomic mass is 16.5. The molecule has 1 saturated carbocycles. The van der Waals surface area contributed by atoms with Gasteiger partial charge < -0.3 is 15.2 Å². The molecule has 1 aromatic heterocycles. The zero-order valence-corrected chi connectivity index (χ0v) is 7.90. The van der Waals surface area contributed by atoms with Gasteiger partial charge in [-0.2, -0.15) is 4.98 Å². The van der Waals surface area contributed by atoms with Crippen molar-refractivity contribution < 1.29 is 4.52 Å². The van der Waals surface area contributed by atoms with Crippen LogP contribution in [0.1, 0.15) is 24.8 Å². The molecule has 0 aromatic carbocycles. The van der Waals surface area contributed by atoms with Crippen molar-refractivity contribution in [3.8, 4) is 0 Å². The second kappa shape index (κ2) is 2.99. The first-order valence-electron chi connectivity index (χ1n) is 4.45. The van der Waals surface area contributed by atoms with Gasteiger partial charge in [0.1, 0.15) is 0 Å². The molecule has 0 amide bonds. The summed E-state index contributed by atoms with van der Waals surface area (Å²) in [7, 11) is 3.74. The number of hydrogen-bond acceptors (Lipinski definition) is 5. The van der Waals surface area contributed by atoms with E-state index in [1.54, 1.807) is 4.90 Å². The topological polar surface area (TPSA) is 68.2 Å². The number of nitrogens with two attached hydrogens (primary N) is 1. The SMILES string of the molecule is CN(C)c1noc(C(N)C2CC2)n1. The van der Waals surface area contributed by atoms with Crippen molar-refractivity contribution in [2.45, 2.75) is 18.9 Å². The highest BCUT2D eigenvalue weighted by Crippen LogP contribution is 2.38. The van der Waals surface area contributed by atoms with E-state index >= 15 is 0 Å². The zero-order valence-electron chi connectivity index (χ0n) is 7.90. The van der Waals surface area contributed by atoms with Gasteiger partial charge in [0, 0.05) is 14.1 Å². The van der Waals surface area contributed by atoms with Crippen molar-refractivity contribution in [2.24, 2.45) is 11.7 Å². The smallest absolute Gasteiger partial charge is 0.265 e. The summed E-state index contributed by atoms with van der Waals surface area (Å²) in [5.41, 5.74) is 5.90. The van der Waals surface area contributed by atoms with Gasteiger partial charge in [0.25, 0.3) is 5.95 Å². The zero-order chi connectivity index (χ0) is 9.42. The monoisotopic (exact) mass is 182 g/mol. The van der Waals surface area contributed by atoms with Crippen LogP contribution in [0.3, 0.4) is 0 Å². The lowest BCUT2D eigenvalue weighted by atomic mass is 10.2. The molecule has 2 rings (SSSR count). The summed E-state index contributed by atoms with van der Waals surface area (Å²) in [4.78, 5) is 5.99. The summed E-state index contributed by atoms with van der Waals surface area (Å²) in [6.45, 7) is 0. The van der Waals surface area contributed by atoms with Crippen molar-refractivity contribution in [1.29, 1.82) is 0 Å². The van der Waals surface area contributed by atoms with Crippen LogP contribution in [-0.2, 0) is 0 Å². The molecule has 5 nitrogen and oxygen atoms in total. The van der Waals surface area contributed by atoms with Gasteiger partial charge in [-0.1, -0.05) is 0 Å². The Morgan fingerprint density at radius 1 is 1.54 bits per heavy atom. The molecule has 0 saturated heterocycles. The maximum absolute atomic E-state index is 5.90. The molecule has 72 valence electrons. The minimum atomic E-state index is -0.0683. The molecule has 1 aliphatic rings. The largest absolute Gasteiger partial charge is 0.344 e. The van der Waals surface area contributed by atoms with Gasteiger partial charge in [-0.3, -0.25) is 0 Å². The van der Waals surface area contributed by atoms with E-state index in [4.69, 9.17) is 10.3 Å². The lowest BCUT2D eigenvalue weighted by molar-refractivity contribution is 0.343. The van der Waals surface area contributed by atoms with Crippen LogP contribution in [0.4, 0.5) is 5.95 Å². The third-order valence-electron chi connectivity index (χ3n) is 2.25. The van der Waals surface area contributed by atoms with E-state index in [9.17, 15) is 0 Å². The van der Waals surface area contributed by atoms with E-state index in [1.807, 2.05) is 14.1 Å². The molecular formula is C8H14N4O. The van der Waals surface area contributed by atoms with Crippen LogP contribution in [0, 0.1) is 5.92 Å². The van der Waals surface area contributed by atoms with Crippen LogP contribution in [0.25, 0.3) is 0 Å². The summed E-state index contributed by atoms with van der Waals surface area (Å²) in [6.07, 6.45) is 2.36. The second-order valence-corrected chi connectivity index (χ2v) is 3.69. The minimum absolute atomic E-state index is 0.0683. The van der Waals surface area contributed by atoms with Gasteiger partial charge in [-0.05, 0) is 23.9 Å². The van der Waals surface area contributed by atoms with Crippen LogP contribution < -0.4 is 10.6 Å². The lowest BCUT2D eigenvalue weighted by Gasteiger charge is -2.04. The maximum Gasteiger partial charge on any atom is 0.265 e. The summed E-state index contributed by atoms with van der Waals surface area (Å²) in [5, 5.41) is 3.81. The molecule has 1 fully saturated rings. The van der Waals surface area contributed by atoms with E-state index in [0.29, 0.717) is 17.8 Å². The highest BCUT2D eigenvalue weighted by molar-refractivity contribution is 5.24. The standard InChI is InChI=1S/C8H14N4O/c1-12(2)8-10-7(13-11-8)6(9)5-3-4-5/h5-6H,3-4,9H2,1-2H3. The van der Waals surface area contributed by atoms with Crippen LogP contribution in [0.2, 0.25) is 0 Å². The third-order valence-corrected chi connectivity index (χ3v) is 2.25. The predicted octanol–water partition coefficient (Wildman–Crippen LogP) is 0.545. The molecule has 0 aliphatic heterocycles. The first kappa shape index (κ1) is 8.50. The van der Waals surface area contributed by atoms with E-state index in [0.717, 1.165) is 0 Å². The molecule has 1 aromatic rings. The van der Waals surface area contributed by atoms with Gasteiger partial charge >= 0.3 is 0 Å². The average molecular weight is 182 g/mol. The first-order valence-corrected chi connectivity index (χ1v) is 4.45. The van der Waals surface area contributed by atoms with Crippen molar-refractivity contribution in [1.82, 2.24) is 10.1 Å². The van der Waals surface area contributed by atoms with Gasteiger partial charge in [-0.25, -0.2) is 0 Å². The fraction of sp³-hybridized carbons (Fsp3) is 0.750. The Morgan fingerprint density at radius 3 is 2.69 bits per heavy atom. The Labute approximate surface area is 76.9 Å². The van der Waals surface area contributed by atoms with E-state index in [-0.39, 0.29) is 6.04 Å². The lowest BCUT2D eigenvalue weighted by Crippen LogP contribution is -2.14. The minimum Gasteiger partial charge on any atom is -0.344 e. The molecule has 13 heavy (non-hydrogen) atoms. The van der Waals surface area contributed by atoms with Gasteiger partial charge in [0.15, 0.2) is 0 Å². The van der Waals surface area contributed by atoms with Gasteiger partial charge in [-0.15, -0.1) is 0 Å². The quantitative estimate of drug-likeness (QED) is 0.739. The van der Waals surface area contributed by atoms with Crippen molar-refractivity contribution in [2.75, 3.05) is 19.0 Å². The Morgan fingerprint density at radius 2 is 2.23 bits per heavy atom. The highest BCUT2D eigenvalue weighted by Gasteiger charge is 2.33. The number of aromatic nitrogens is 2. The molecule has 0 radical (unpaired) electrons. The summed E-state index contributed by atoms with van der Waals surface area (Å²) < 4.78 is 5.06. The summed E-state index contributed by atoms with van der Waals surface area (Å²) in [5.74, 6) is 1.70. The van der Waals surface area contributed by atoms with Crippen LogP contribution in [-0.4, -0.2) is 24.2 Å². The second-order valence-electron chi connectivity index (χ2n) is 3.69. The predicted molar refractivity (Wildman–Crippen MR) is 48.3 cm³/mol. The Bertz CT molecular complexity index is 292. The maximum atomic E-state index is 5.90. The average Bonchev–Trinajstić information content (AvgIpc) is 2.81. The first-order chi connectivity index (χ1) is 6.18. The van der Waals surface area contributed by atoms with Crippen molar-refractivity contribution >= 4 is 5.95 Å². The van der Waals surface area contributed by atoms with E-state index in [2.05, 4.69) is 10.1 Å². The molecule has 0 spiro atoms. The molecule has 1 aliphatic carbocycles. The molecule has 0 bridgehead atoms. The summed E-state index contributed by atoms with van der Waals surface area (Å²) >= 11 is 0. The number of anilines is 1. The van der Waals surface area contributed by atoms with E-state index in [1.165, 1.54) is 12.8 Å². The molecule has 1 unspecified atom stereocenters. The Balaban J connectivity index is 2.11. The van der Waals surface area contributed by atoms with Crippen molar-refractivity contribution in [3.05, 3.63) is 5.89 Å². The Hall–Kier alpha value is -1.10. The van der Waals surface area contributed by atoms with Crippen LogP contribution in [0.15, 0.2) is 4.52 Å². The number of hydrogen-bond donors (Lipinski definition) is 1. The van der Waals surface area contributed by atoms with Gasteiger partial charge in [0.05, 0.1) is 6.04 Å². The van der Waals surface area contributed by atoms with Crippen molar-refractivity contribution in [3.63, 3.8) is 0 Å². The summed E-state index contributed by atoms with van der Waals surface area (Å²) in [6, 6.07) is -0.0683. The third kappa shape index (κ3) is 1.65. The number of nitrogens with zero attached hydrogens (tertiary/aromatic N) is 3. The molecule has 2 N–H and O–H groups in total. The van der Waals surface area contributed by atoms with Crippen LogP contribution >= 0.6 is 0 Å².